The third kappa shape index (κ3) is 2.85. The third-order valence-electron chi connectivity index (χ3n) is 4.99. The monoisotopic (exact) mass is 348 g/mol. The van der Waals surface area contributed by atoms with Gasteiger partial charge in [-0.2, -0.15) is 5.10 Å². The zero-order valence-corrected chi connectivity index (χ0v) is 15.4. The van der Waals surface area contributed by atoms with Crippen LogP contribution in [0.2, 0.25) is 5.02 Å². The van der Waals surface area contributed by atoms with Crippen molar-refractivity contribution in [2.45, 2.75) is 56.9 Å². The molecule has 1 unspecified atom stereocenters. The molecule has 0 bridgehead atoms. The predicted molar refractivity (Wildman–Crippen MR) is 98.9 cm³/mol. The standard InChI is InChI=1S/C18H25ClN4O/c1-11-8-18(9-15(22-11)16(23-20)10-21-4)13-6-5-12(19)7-14(13)17(2,3)24-18/h5-7,10-11,15,22H,8-9,20H2,1-4H3/b21-10?,23-16+/t11-,15-,18?/m0/s1. The number of halogens is 1. The maximum atomic E-state index is 6.64. The lowest BCUT2D eigenvalue weighted by Gasteiger charge is -2.43. The summed E-state index contributed by atoms with van der Waals surface area (Å²) in [5, 5.41) is 8.23. The second-order valence-electron chi connectivity index (χ2n) is 7.27. The quantitative estimate of drug-likeness (QED) is 0.490. The Bertz CT molecular complexity index is 700. The number of piperidine rings is 1. The Morgan fingerprint density at radius 1 is 1.38 bits per heavy atom. The number of nitrogens with zero attached hydrogens (tertiary/aromatic N) is 2. The van der Waals surface area contributed by atoms with E-state index in [1.165, 1.54) is 11.1 Å². The minimum atomic E-state index is -0.374. The van der Waals surface area contributed by atoms with Gasteiger partial charge in [0.15, 0.2) is 0 Å². The summed E-state index contributed by atoms with van der Waals surface area (Å²) in [6.07, 6.45) is 3.37. The number of fused-ring (bicyclic) bond motifs is 2. The molecule has 3 N–H and O–H groups in total. The number of nitrogens with two attached hydrogens (primary N) is 1. The molecule has 24 heavy (non-hydrogen) atoms. The molecule has 2 aliphatic heterocycles. The molecule has 2 heterocycles. The number of nitrogens with one attached hydrogen (secondary N) is 1. The first-order valence-electron chi connectivity index (χ1n) is 8.28. The second kappa shape index (κ2) is 6.14. The maximum Gasteiger partial charge on any atom is 0.0980 e. The van der Waals surface area contributed by atoms with Gasteiger partial charge in [0.05, 0.1) is 23.0 Å². The minimum absolute atomic E-state index is 0.000113. The van der Waals surface area contributed by atoms with Gasteiger partial charge in [-0.15, -0.1) is 0 Å². The number of hydrazone groups is 1. The van der Waals surface area contributed by atoms with Crippen LogP contribution in [0.4, 0.5) is 0 Å². The van der Waals surface area contributed by atoms with Crippen LogP contribution in [0.15, 0.2) is 28.3 Å². The van der Waals surface area contributed by atoms with Crippen molar-refractivity contribution >= 4 is 23.5 Å². The molecule has 0 aliphatic carbocycles. The molecule has 2 aliphatic rings. The van der Waals surface area contributed by atoms with Crippen LogP contribution in [0.25, 0.3) is 0 Å². The van der Waals surface area contributed by atoms with Crippen LogP contribution in [0, 0.1) is 0 Å². The Morgan fingerprint density at radius 2 is 2.12 bits per heavy atom. The topological polar surface area (TPSA) is 72.0 Å². The maximum absolute atomic E-state index is 6.64. The van der Waals surface area contributed by atoms with Gasteiger partial charge in [-0.1, -0.05) is 17.7 Å². The van der Waals surface area contributed by atoms with Gasteiger partial charge < -0.3 is 15.9 Å². The summed E-state index contributed by atoms with van der Waals surface area (Å²) >= 11 is 6.23. The van der Waals surface area contributed by atoms with E-state index >= 15 is 0 Å². The summed E-state index contributed by atoms with van der Waals surface area (Å²) in [4.78, 5) is 4.07. The number of benzene rings is 1. The van der Waals surface area contributed by atoms with E-state index < -0.39 is 0 Å². The summed E-state index contributed by atoms with van der Waals surface area (Å²) in [6.45, 7) is 6.36. The molecule has 0 aromatic heterocycles. The normalized spacial score (nSPS) is 32.5. The van der Waals surface area contributed by atoms with Crippen LogP contribution >= 0.6 is 11.6 Å². The molecule has 1 spiro atoms. The summed E-state index contributed by atoms with van der Waals surface area (Å²) in [5.74, 6) is 5.59. The summed E-state index contributed by atoms with van der Waals surface area (Å²) in [6, 6.07) is 6.34. The van der Waals surface area contributed by atoms with Crippen LogP contribution in [0.1, 0.15) is 44.7 Å². The van der Waals surface area contributed by atoms with Crippen LogP contribution < -0.4 is 11.2 Å². The van der Waals surface area contributed by atoms with Gasteiger partial charge in [-0.3, -0.25) is 4.99 Å². The average Bonchev–Trinajstić information content (AvgIpc) is 2.70. The fraction of sp³-hybridized carbons (Fsp3) is 0.556. The molecule has 1 fully saturated rings. The molecule has 0 amide bonds. The lowest BCUT2D eigenvalue weighted by molar-refractivity contribution is -0.147. The smallest absolute Gasteiger partial charge is 0.0980 e. The van der Waals surface area contributed by atoms with Gasteiger partial charge in [0.25, 0.3) is 0 Å². The first-order valence-corrected chi connectivity index (χ1v) is 8.66. The van der Waals surface area contributed by atoms with Gasteiger partial charge in [0.2, 0.25) is 0 Å². The fourth-order valence-electron chi connectivity index (χ4n) is 4.22. The van der Waals surface area contributed by atoms with E-state index in [9.17, 15) is 0 Å². The van der Waals surface area contributed by atoms with Gasteiger partial charge in [0.1, 0.15) is 0 Å². The Labute approximate surface area is 148 Å². The van der Waals surface area contributed by atoms with Crippen molar-refractivity contribution in [3.63, 3.8) is 0 Å². The minimum Gasteiger partial charge on any atom is -0.360 e. The molecule has 0 saturated carbocycles. The molecule has 5 nitrogen and oxygen atoms in total. The van der Waals surface area contributed by atoms with Gasteiger partial charge in [-0.05, 0) is 50.5 Å². The molecule has 3 rings (SSSR count). The molecular formula is C18H25ClN4O. The average molecular weight is 349 g/mol. The van der Waals surface area contributed by atoms with E-state index in [1.54, 1.807) is 13.3 Å². The number of hydrogen-bond donors (Lipinski definition) is 2. The van der Waals surface area contributed by atoms with Crippen LogP contribution in [0.3, 0.4) is 0 Å². The number of aliphatic imine (C=N–C) groups is 1. The van der Waals surface area contributed by atoms with E-state index in [4.69, 9.17) is 22.2 Å². The highest BCUT2D eigenvalue weighted by Crippen LogP contribution is 2.53. The number of hydrogen-bond acceptors (Lipinski definition) is 5. The molecule has 1 aromatic rings. The van der Waals surface area contributed by atoms with Crippen molar-refractivity contribution in [3.8, 4) is 0 Å². The Kier molecular flexibility index (Phi) is 4.45. The van der Waals surface area contributed by atoms with Crippen LogP contribution in [-0.4, -0.2) is 31.1 Å². The van der Waals surface area contributed by atoms with Crippen molar-refractivity contribution in [1.82, 2.24) is 5.32 Å². The van der Waals surface area contributed by atoms with Crippen LogP contribution in [0.5, 0.6) is 0 Å². The van der Waals surface area contributed by atoms with E-state index in [2.05, 4.69) is 42.2 Å². The van der Waals surface area contributed by atoms with Crippen LogP contribution in [-0.2, 0) is 15.9 Å². The first kappa shape index (κ1) is 17.4. The Morgan fingerprint density at radius 3 is 2.79 bits per heavy atom. The highest BCUT2D eigenvalue weighted by atomic mass is 35.5. The zero-order valence-electron chi connectivity index (χ0n) is 14.6. The number of rotatable bonds is 2. The Hall–Kier alpha value is -1.43. The van der Waals surface area contributed by atoms with Crippen molar-refractivity contribution in [2.75, 3.05) is 7.05 Å². The molecular weight excluding hydrogens is 324 g/mol. The van der Waals surface area contributed by atoms with E-state index in [-0.39, 0.29) is 23.3 Å². The molecule has 1 saturated heterocycles. The summed E-state index contributed by atoms with van der Waals surface area (Å²) < 4.78 is 6.64. The second-order valence-corrected chi connectivity index (χ2v) is 7.70. The zero-order chi connectivity index (χ0) is 17.5. The van der Waals surface area contributed by atoms with Gasteiger partial charge in [0, 0.05) is 30.7 Å². The molecule has 0 radical (unpaired) electrons. The SMILES string of the molecule is CN=C/C(=N\N)[C@@H]1CC2(C[C@H](C)N1)OC(C)(C)c1cc(Cl)ccc12. The summed E-state index contributed by atoms with van der Waals surface area (Å²) in [5.41, 5.74) is 2.39. The molecule has 3 atom stereocenters. The van der Waals surface area contributed by atoms with E-state index in [0.717, 1.165) is 23.6 Å². The Balaban J connectivity index is 2.05. The summed E-state index contributed by atoms with van der Waals surface area (Å²) in [7, 11) is 1.72. The highest BCUT2D eigenvalue weighted by molar-refractivity contribution is 6.33. The third-order valence-corrected chi connectivity index (χ3v) is 5.23. The van der Waals surface area contributed by atoms with Crippen molar-refractivity contribution in [1.29, 1.82) is 0 Å². The predicted octanol–water partition coefficient (Wildman–Crippen LogP) is 2.96. The van der Waals surface area contributed by atoms with Gasteiger partial charge >= 0.3 is 0 Å². The number of ether oxygens (including phenoxy) is 1. The van der Waals surface area contributed by atoms with Crippen molar-refractivity contribution < 1.29 is 4.74 Å². The lowest BCUT2D eigenvalue weighted by atomic mass is 9.77. The van der Waals surface area contributed by atoms with Gasteiger partial charge in [-0.25, -0.2) is 0 Å². The fourth-order valence-corrected chi connectivity index (χ4v) is 4.39. The molecule has 130 valence electrons. The van der Waals surface area contributed by atoms with E-state index in [0.29, 0.717) is 0 Å². The highest BCUT2D eigenvalue weighted by Gasteiger charge is 2.52. The molecule has 6 heteroatoms. The van der Waals surface area contributed by atoms with E-state index in [1.807, 2.05) is 12.1 Å². The largest absolute Gasteiger partial charge is 0.360 e. The van der Waals surface area contributed by atoms with Crippen molar-refractivity contribution in [3.05, 3.63) is 34.3 Å². The first-order chi connectivity index (χ1) is 11.3. The van der Waals surface area contributed by atoms with Crippen molar-refractivity contribution in [2.24, 2.45) is 15.9 Å². The lowest BCUT2D eigenvalue weighted by Crippen LogP contribution is -2.55. The molecule has 1 aromatic carbocycles.